The van der Waals surface area contributed by atoms with Crippen LogP contribution in [0.5, 0.6) is 0 Å². The Labute approximate surface area is 214 Å². The summed E-state index contributed by atoms with van der Waals surface area (Å²) >= 11 is 0. The first-order valence-corrected chi connectivity index (χ1v) is 14.9. The molecule has 0 aliphatic heterocycles. The van der Waals surface area contributed by atoms with Crippen LogP contribution in [0.25, 0.3) is 0 Å². The molecular weight excluding hydrogens is 438 g/mol. The second kappa shape index (κ2) is 10.5. The van der Waals surface area contributed by atoms with Gasteiger partial charge in [0, 0.05) is 13.1 Å². The molecule has 11 atom stereocenters. The highest BCUT2D eigenvalue weighted by Gasteiger charge is 2.64. The fourth-order valence-electron chi connectivity index (χ4n) is 10.0. The number of hydrogen-bond acceptors (Lipinski definition) is 4. The molecule has 202 valence electrons. The van der Waals surface area contributed by atoms with Crippen LogP contribution in [0.3, 0.4) is 0 Å². The zero-order chi connectivity index (χ0) is 25.5. The van der Waals surface area contributed by atoms with Gasteiger partial charge in [0.15, 0.2) is 0 Å². The van der Waals surface area contributed by atoms with Crippen molar-refractivity contribution < 1.29 is 19.7 Å². The summed E-state index contributed by atoms with van der Waals surface area (Å²) in [5.41, 5.74) is 0.521. The molecule has 4 fully saturated rings. The summed E-state index contributed by atoms with van der Waals surface area (Å²) in [6.45, 7) is 15.5. The van der Waals surface area contributed by atoms with Gasteiger partial charge in [-0.1, -0.05) is 34.1 Å². The molecule has 4 rings (SSSR count). The maximum Gasteiger partial charge on any atom is 0.409 e. The second-order valence-electron chi connectivity index (χ2n) is 13.2. The molecule has 0 radical (unpaired) electrons. The maximum atomic E-state index is 12.3. The van der Waals surface area contributed by atoms with Crippen molar-refractivity contribution in [2.24, 2.45) is 52.3 Å². The normalized spacial score (nSPS) is 45.7. The summed E-state index contributed by atoms with van der Waals surface area (Å²) in [6, 6.07) is 0. The lowest BCUT2D eigenvalue weighted by molar-refractivity contribution is -0.203. The predicted molar refractivity (Wildman–Crippen MR) is 140 cm³/mol. The van der Waals surface area contributed by atoms with E-state index in [4.69, 9.17) is 4.74 Å². The quantitative estimate of drug-likeness (QED) is 0.450. The van der Waals surface area contributed by atoms with Crippen LogP contribution in [0.15, 0.2) is 0 Å². The summed E-state index contributed by atoms with van der Waals surface area (Å²) < 4.78 is 5.62. The lowest BCUT2D eigenvalue weighted by Crippen LogP contribution is -2.62. The van der Waals surface area contributed by atoms with Gasteiger partial charge in [-0.25, -0.2) is 4.79 Å². The second-order valence-corrected chi connectivity index (χ2v) is 13.2. The Morgan fingerprint density at radius 1 is 0.971 bits per heavy atom. The topological polar surface area (TPSA) is 70.0 Å². The molecule has 5 heteroatoms. The van der Waals surface area contributed by atoms with E-state index < -0.39 is 0 Å². The number of aliphatic hydroxyl groups is 2. The summed E-state index contributed by atoms with van der Waals surface area (Å²) in [5.74, 6) is 3.48. The van der Waals surface area contributed by atoms with Crippen molar-refractivity contribution in [3.8, 4) is 0 Å². The Morgan fingerprint density at radius 2 is 1.63 bits per heavy atom. The number of carbonyl (C=O) groups is 1. The van der Waals surface area contributed by atoms with Crippen molar-refractivity contribution in [3.63, 3.8) is 0 Å². The van der Waals surface area contributed by atoms with Crippen LogP contribution in [0, 0.1) is 52.3 Å². The first-order valence-electron chi connectivity index (χ1n) is 14.9. The zero-order valence-electron chi connectivity index (χ0n) is 23.3. The van der Waals surface area contributed by atoms with Crippen molar-refractivity contribution in [2.45, 2.75) is 112 Å². The average Bonchev–Trinajstić information content (AvgIpc) is 3.18. The monoisotopic (exact) mass is 491 g/mol. The van der Waals surface area contributed by atoms with Crippen molar-refractivity contribution in [2.75, 3.05) is 19.7 Å². The van der Waals surface area contributed by atoms with Crippen LogP contribution in [-0.4, -0.2) is 53.1 Å². The summed E-state index contributed by atoms with van der Waals surface area (Å²) in [5, 5.41) is 22.3. The van der Waals surface area contributed by atoms with Crippen molar-refractivity contribution >= 4 is 6.09 Å². The SMILES string of the molecule is CC[C@H]1[C@@H](O)[C@@H]2C(CC[C@]3(C)C([C@H](C)CCOC(=O)N(CC)CC)CC[C@@H]23)[C@@]2(C)CC[C@@H](O)C[C@@H]12. The van der Waals surface area contributed by atoms with Gasteiger partial charge in [0.25, 0.3) is 0 Å². The highest BCUT2D eigenvalue weighted by atomic mass is 16.6. The largest absolute Gasteiger partial charge is 0.449 e. The molecule has 0 aromatic heterocycles. The number of hydrogen-bond donors (Lipinski definition) is 2. The molecule has 2 unspecified atom stereocenters. The van der Waals surface area contributed by atoms with Gasteiger partial charge in [-0.15, -0.1) is 0 Å². The number of ether oxygens (including phenoxy) is 1. The third-order valence-corrected chi connectivity index (χ3v) is 12.0. The Bertz CT molecular complexity index is 740. The van der Waals surface area contributed by atoms with E-state index in [2.05, 4.69) is 27.7 Å². The van der Waals surface area contributed by atoms with E-state index in [1.807, 2.05) is 13.8 Å². The molecule has 0 bridgehead atoms. The Hall–Kier alpha value is -0.810. The average molecular weight is 492 g/mol. The molecule has 0 aromatic rings. The van der Waals surface area contributed by atoms with Gasteiger partial charge in [-0.3, -0.25) is 0 Å². The van der Waals surface area contributed by atoms with Crippen LogP contribution in [0.4, 0.5) is 4.79 Å². The van der Waals surface area contributed by atoms with Crippen LogP contribution < -0.4 is 0 Å². The minimum atomic E-state index is -0.234. The minimum absolute atomic E-state index is 0.186. The minimum Gasteiger partial charge on any atom is -0.449 e. The predicted octanol–water partition coefficient (Wildman–Crippen LogP) is 6.12. The number of aliphatic hydroxyl groups excluding tert-OH is 2. The molecule has 35 heavy (non-hydrogen) atoms. The first-order chi connectivity index (χ1) is 16.6. The van der Waals surface area contributed by atoms with Gasteiger partial charge in [0.05, 0.1) is 18.8 Å². The highest BCUT2D eigenvalue weighted by molar-refractivity contribution is 5.67. The number of carbonyl (C=O) groups excluding carboxylic acids is 1. The van der Waals surface area contributed by atoms with Crippen LogP contribution >= 0.6 is 0 Å². The number of amides is 1. The molecule has 1 amide bonds. The van der Waals surface area contributed by atoms with Gasteiger partial charge in [0.1, 0.15) is 0 Å². The molecular formula is C30H53NO4. The third kappa shape index (κ3) is 4.56. The van der Waals surface area contributed by atoms with E-state index >= 15 is 0 Å². The third-order valence-electron chi connectivity index (χ3n) is 12.0. The smallest absolute Gasteiger partial charge is 0.409 e. The first kappa shape index (κ1) is 27.2. The van der Waals surface area contributed by atoms with Gasteiger partial charge >= 0.3 is 6.09 Å². The Morgan fingerprint density at radius 3 is 2.29 bits per heavy atom. The summed E-state index contributed by atoms with van der Waals surface area (Å²) in [7, 11) is 0. The van der Waals surface area contributed by atoms with E-state index in [1.165, 1.54) is 25.7 Å². The van der Waals surface area contributed by atoms with Gasteiger partial charge in [-0.2, -0.15) is 0 Å². The fraction of sp³-hybridized carbons (Fsp3) is 0.967. The fourth-order valence-corrected chi connectivity index (χ4v) is 10.0. The van der Waals surface area contributed by atoms with E-state index in [-0.39, 0.29) is 29.1 Å². The van der Waals surface area contributed by atoms with Crippen LogP contribution in [0.2, 0.25) is 0 Å². The molecule has 4 aliphatic carbocycles. The Kier molecular flexibility index (Phi) is 8.18. The highest BCUT2D eigenvalue weighted by Crippen LogP contribution is 2.69. The molecule has 4 aliphatic rings. The number of rotatable bonds is 7. The van der Waals surface area contributed by atoms with E-state index in [1.54, 1.807) is 4.90 Å². The molecule has 0 saturated heterocycles. The van der Waals surface area contributed by atoms with Crippen molar-refractivity contribution in [1.29, 1.82) is 0 Å². The summed E-state index contributed by atoms with van der Waals surface area (Å²) in [6.07, 6.45) is 9.18. The van der Waals surface area contributed by atoms with E-state index in [9.17, 15) is 15.0 Å². The maximum absolute atomic E-state index is 12.3. The molecule has 4 saturated carbocycles. The molecule has 0 heterocycles. The van der Waals surface area contributed by atoms with Crippen LogP contribution in [0.1, 0.15) is 99.3 Å². The molecule has 0 aromatic carbocycles. The molecule has 2 N–H and O–H groups in total. The lowest BCUT2D eigenvalue weighted by atomic mass is 9.41. The number of fused-ring (bicyclic) bond motifs is 5. The van der Waals surface area contributed by atoms with Crippen LogP contribution in [-0.2, 0) is 4.74 Å². The Balaban J connectivity index is 1.47. The lowest BCUT2D eigenvalue weighted by Gasteiger charge is -2.64. The van der Waals surface area contributed by atoms with Gasteiger partial charge in [0.2, 0.25) is 0 Å². The summed E-state index contributed by atoms with van der Waals surface area (Å²) in [4.78, 5) is 14.0. The van der Waals surface area contributed by atoms with E-state index in [0.717, 1.165) is 32.1 Å². The van der Waals surface area contributed by atoms with E-state index in [0.29, 0.717) is 61.1 Å². The number of nitrogens with zero attached hydrogens (tertiary/aromatic N) is 1. The molecule has 5 nitrogen and oxygen atoms in total. The standard InChI is InChI=1S/C30H53NO4/c1-7-21-25-18-20(32)12-15-30(25,6)24-13-16-29(5)22(10-11-23(29)26(24)27(21)33)19(4)14-17-35-28(34)31(8-2)9-3/h19-27,32-33H,7-18H2,1-6H3/t19-,20-,21-,22?,23+,24?,25+,26+,27-,29-,30-/m1/s1. The zero-order valence-corrected chi connectivity index (χ0v) is 23.3. The van der Waals surface area contributed by atoms with Crippen molar-refractivity contribution in [3.05, 3.63) is 0 Å². The molecule has 0 spiro atoms. The van der Waals surface area contributed by atoms with Crippen molar-refractivity contribution in [1.82, 2.24) is 4.90 Å². The van der Waals surface area contributed by atoms with Gasteiger partial charge < -0.3 is 19.8 Å². The van der Waals surface area contributed by atoms with Gasteiger partial charge in [-0.05, 0) is 117 Å².